The van der Waals surface area contributed by atoms with Crippen LogP contribution in [0.4, 0.5) is 17.6 Å². The highest BCUT2D eigenvalue weighted by Crippen LogP contribution is 2.31. The maximum atomic E-state index is 13.1. The molecular weight excluding hydrogens is 374 g/mol. The molecule has 0 fully saturated rings. The summed E-state index contributed by atoms with van der Waals surface area (Å²) in [4.78, 5) is 4.18. The average Bonchev–Trinajstić information content (AvgIpc) is 3.11. The standard InChI is InChI=1S/C20H19F4N3O/c1-12(2)18(13-6-8-16(21)9-7-13)25-11-17-26-19(27-28-17)14-4-3-5-15(10-14)20(22,23)24/h3-10,12,18,25H,11H2,1-2H3. The van der Waals surface area contributed by atoms with Gasteiger partial charge in [-0.2, -0.15) is 18.2 Å². The predicted molar refractivity (Wildman–Crippen MR) is 95.6 cm³/mol. The third kappa shape index (κ3) is 4.75. The molecule has 0 radical (unpaired) electrons. The minimum absolute atomic E-state index is 0.0792. The Bertz CT molecular complexity index is 920. The molecule has 0 bridgehead atoms. The van der Waals surface area contributed by atoms with Crippen molar-refractivity contribution >= 4 is 0 Å². The maximum Gasteiger partial charge on any atom is 0.416 e. The van der Waals surface area contributed by atoms with E-state index in [0.29, 0.717) is 0 Å². The normalized spacial score (nSPS) is 13.1. The lowest BCUT2D eigenvalue weighted by Crippen LogP contribution is -2.25. The molecule has 3 rings (SSSR count). The van der Waals surface area contributed by atoms with Gasteiger partial charge in [-0.05, 0) is 35.7 Å². The summed E-state index contributed by atoms with van der Waals surface area (Å²) in [5.41, 5.74) is 0.364. The monoisotopic (exact) mass is 393 g/mol. The quantitative estimate of drug-likeness (QED) is 0.571. The van der Waals surface area contributed by atoms with Crippen molar-refractivity contribution in [2.24, 2.45) is 5.92 Å². The van der Waals surface area contributed by atoms with Crippen molar-refractivity contribution in [1.29, 1.82) is 0 Å². The molecule has 2 aromatic carbocycles. The Morgan fingerprint density at radius 1 is 1.07 bits per heavy atom. The zero-order valence-corrected chi connectivity index (χ0v) is 15.3. The highest BCUT2D eigenvalue weighted by Gasteiger charge is 2.30. The van der Waals surface area contributed by atoms with E-state index in [-0.39, 0.29) is 41.6 Å². The van der Waals surface area contributed by atoms with Crippen LogP contribution in [0.5, 0.6) is 0 Å². The minimum Gasteiger partial charge on any atom is -0.338 e. The first-order valence-corrected chi connectivity index (χ1v) is 8.73. The van der Waals surface area contributed by atoms with Gasteiger partial charge in [-0.1, -0.05) is 43.3 Å². The first-order valence-electron chi connectivity index (χ1n) is 8.73. The fraction of sp³-hybridized carbons (Fsp3) is 0.300. The molecule has 1 heterocycles. The van der Waals surface area contributed by atoms with Crippen LogP contribution < -0.4 is 5.32 Å². The van der Waals surface area contributed by atoms with Crippen LogP contribution in [0.3, 0.4) is 0 Å². The van der Waals surface area contributed by atoms with Crippen LogP contribution in [-0.4, -0.2) is 10.1 Å². The lowest BCUT2D eigenvalue weighted by atomic mass is 9.96. The molecule has 1 atom stereocenters. The van der Waals surface area contributed by atoms with Crippen molar-refractivity contribution in [3.05, 3.63) is 71.4 Å². The number of aromatic nitrogens is 2. The molecule has 148 valence electrons. The first kappa shape index (κ1) is 20.0. The molecule has 0 spiro atoms. The predicted octanol–water partition coefficient (Wildman–Crippen LogP) is 5.38. The van der Waals surface area contributed by atoms with Crippen LogP contribution in [0.2, 0.25) is 0 Å². The number of benzene rings is 2. The molecule has 1 aromatic heterocycles. The van der Waals surface area contributed by atoms with Crippen molar-refractivity contribution in [2.75, 3.05) is 0 Å². The molecule has 28 heavy (non-hydrogen) atoms. The second kappa shape index (κ2) is 8.10. The lowest BCUT2D eigenvalue weighted by Gasteiger charge is -2.22. The van der Waals surface area contributed by atoms with E-state index in [1.807, 2.05) is 13.8 Å². The fourth-order valence-corrected chi connectivity index (χ4v) is 2.88. The Hall–Kier alpha value is -2.74. The second-order valence-corrected chi connectivity index (χ2v) is 6.74. The molecule has 1 N–H and O–H groups in total. The highest BCUT2D eigenvalue weighted by atomic mass is 19.4. The topological polar surface area (TPSA) is 51.0 Å². The average molecular weight is 393 g/mol. The molecule has 0 amide bonds. The van der Waals surface area contributed by atoms with Gasteiger partial charge in [0.15, 0.2) is 0 Å². The van der Waals surface area contributed by atoms with E-state index in [2.05, 4.69) is 15.5 Å². The summed E-state index contributed by atoms with van der Waals surface area (Å²) in [5, 5.41) is 7.05. The van der Waals surface area contributed by atoms with Crippen LogP contribution in [0.25, 0.3) is 11.4 Å². The van der Waals surface area contributed by atoms with Gasteiger partial charge in [0.1, 0.15) is 5.82 Å². The summed E-state index contributed by atoms with van der Waals surface area (Å²) >= 11 is 0. The SMILES string of the molecule is CC(C)C(NCc1nc(-c2cccc(C(F)(F)F)c2)no1)c1ccc(F)cc1. The number of nitrogens with zero attached hydrogens (tertiary/aromatic N) is 2. The molecule has 1 unspecified atom stereocenters. The smallest absolute Gasteiger partial charge is 0.338 e. The third-order valence-electron chi connectivity index (χ3n) is 4.29. The van der Waals surface area contributed by atoms with Crippen LogP contribution in [-0.2, 0) is 12.7 Å². The number of halogens is 4. The molecule has 0 aliphatic carbocycles. The summed E-state index contributed by atoms with van der Waals surface area (Å²) in [7, 11) is 0. The lowest BCUT2D eigenvalue weighted by molar-refractivity contribution is -0.137. The zero-order valence-electron chi connectivity index (χ0n) is 15.3. The molecule has 0 aliphatic rings. The molecule has 8 heteroatoms. The third-order valence-corrected chi connectivity index (χ3v) is 4.29. The van der Waals surface area contributed by atoms with E-state index in [1.165, 1.54) is 24.3 Å². The highest BCUT2D eigenvalue weighted by molar-refractivity contribution is 5.55. The largest absolute Gasteiger partial charge is 0.416 e. The second-order valence-electron chi connectivity index (χ2n) is 6.74. The molecule has 4 nitrogen and oxygen atoms in total. The Balaban J connectivity index is 1.73. The summed E-state index contributed by atoms with van der Waals surface area (Å²) in [6, 6.07) is 10.9. The fourth-order valence-electron chi connectivity index (χ4n) is 2.88. The van der Waals surface area contributed by atoms with Crippen LogP contribution >= 0.6 is 0 Å². The molecular formula is C20H19F4N3O. The molecule has 0 saturated carbocycles. The van der Waals surface area contributed by atoms with Gasteiger partial charge < -0.3 is 9.84 Å². The number of nitrogens with one attached hydrogen (secondary N) is 1. The van der Waals surface area contributed by atoms with Crippen molar-refractivity contribution in [2.45, 2.75) is 32.6 Å². The van der Waals surface area contributed by atoms with Gasteiger partial charge in [0, 0.05) is 11.6 Å². The van der Waals surface area contributed by atoms with Gasteiger partial charge in [-0.3, -0.25) is 0 Å². The van der Waals surface area contributed by atoms with Gasteiger partial charge in [0.25, 0.3) is 0 Å². The van der Waals surface area contributed by atoms with Gasteiger partial charge in [-0.15, -0.1) is 0 Å². The van der Waals surface area contributed by atoms with Crippen molar-refractivity contribution in [3.63, 3.8) is 0 Å². The Morgan fingerprint density at radius 2 is 1.79 bits per heavy atom. The van der Waals surface area contributed by atoms with Crippen molar-refractivity contribution in [1.82, 2.24) is 15.5 Å². The number of hydrogen-bond donors (Lipinski definition) is 1. The Morgan fingerprint density at radius 3 is 2.43 bits per heavy atom. The van der Waals surface area contributed by atoms with Crippen LogP contribution in [0.15, 0.2) is 53.1 Å². The van der Waals surface area contributed by atoms with Gasteiger partial charge in [0.2, 0.25) is 11.7 Å². The molecule has 0 aliphatic heterocycles. The van der Waals surface area contributed by atoms with Gasteiger partial charge >= 0.3 is 6.18 Å². The number of alkyl halides is 3. The molecule has 0 saturated heterocycles. The van der Waals surface area contributed by atoms with E-state index in [0.717, 1.165) is 17.7 Å². The Labute approximate surface area is 159 Å². The van der Waals surface area contributed by atoms with Crippen molar-refractivity contribution in [3.8, 4) is 11.4 Å². The van der Waals surface area contributed by atoms with Gasteiger partial charge in [0.05, 0.1) is 12.1 Å². The minimum atomic E-state index is -4.44. The summed E-state index contributed by atoms with van der Waals surface area (Å²) < 4.78 is 56.9. The van der Waals surface area contributed by atoms with Crippen molar-refractivity contribution < 1.29 is 22.1 Å². The first-order chi connectivity index (χ1) is 13.2. The van der Waals surface area contributed by atoms with E-state index in [4.69, 9.17) is 4.52 Å². The van der Waals surface area contributed by atoms with E-state index >= 15 is 0 Å². The van der Waals surface area contributed by atoms with E-state index in [9.17, 15) is 17.6 Å². The summed E-state index contributed by atoms with van der Waals surface area (Å²) in [6.07, 6.45) is -4.44. The summed E-state index contributed by atoms with van der Waals surface area (Å²) in [5.74, 6) is 0.233. The van der Waals surface area contributed by atoms with E-state index in [1.54, 1.807) is 12.1 Å². The summed E-state index contributed by atoms with van der Waals surface area (Å²) in [6.45, 7) is 4.26. The van der Waals surface area contributed by atoms with Crippen LogP contribution in [0.1, 0.15) is 36.9 Å². The Kier molecular flexibility index (Phi) is 5.79. The maximum absolute atomic E-state index is 13.1. The van der Waals surface area contributed by atoms with Crippen LogP contribution in [0, 0.1) is 11.7 Å². The van der Waals surface area contributed by atoms with E-state index < -0.39 is 11.7 Å². The number of rotatable bonds is 6. The molecule has 3 aromatic rings. The number of hydrogen-bond acceptors (Lipinski definition) is 4. The zero-order chi connectivity index (χ0) is 20.3. The van der Waals surface area contributed by atoms with Gasteiger partial charge in [-0.25, -0.2) is 4.39 Å².